The van der Waals surface area contributed by atoms with Gasteiger partial charge in [-0.25, -0.2) is 0 Å². The van der Waals surface area contributed by atoms with Gasteiger partial charge in [0.1, 0.15) is 0 Å². The van der Waals surface area contributed by atoms with Crippen LogP contribution < -0.4 is 0 Å². The van der Waals surface area contributed by atoms with Crippen LogP contribution >= 0.6 is 0 Å². The highest BCUT2D eigenvalue weighted by atomic mass is 16.3. The molecule has 0 radical (unpaired) electrons. The first-order valence-electron chi connectivity index (χ1n) is 2.63. The van der Waals surface area contributed by atoms with Crippen LogP contribution in [0.3, 0.4) is 0 Å². The van der Waals surface area contributed by atoms with Crippen molar-refractivity contribution in [3.8, 4) is 0 Å². The summed E-state index contributed by atoms with van der Waals surface area (Å²) in [7, 11) is 0. The van der Waals surface area contributed by atoms with Crippen molar-refractivity contribution >= 4 is 0 Å². The number of aliphatic hydroxyl groups is 2. The summed E-state index contributed by atoms with van der Waals surface area (Å²) in [5.41, 5.74) is 0. The van der Waals surface area contributed by atoms with Crippen LogP contribution in [0.15, 0.2) is 0 Å². The summed E-state index contributed by atoms with van der Waals surface area (Å²) < 4.78 is 0. The normalized spacial score (nSPS) is 38.6. The minimum absolute atomic E-state index is 0.0906. The maximum absolute atomic E-state index is 8.65. The molecule has 0 saturated heterocycles. The first-order chi connectivity index (χ1) is 3.34. The third-order valence-electron chi connectivity index (χ3n) is 1.39. The molecule has 0 amide bonds. The molecule has 42 valence electrons. The van der Waals surface area contributed by atoms with Crippen molar-refractivity contribution in [2.75, 3.05) is 6.61 Å². The summed E-state index contributed by atoms with van der Waals surface area (Å²) in [6, 6.07) is 0. The van der Waals surface area contributed by atoms with Gasteiger partial charge in [-0.1, -0.05) is 0 Å². The van der Waals surface area contributed by atoms with Gasteiger partial charge in [-0.15, -0.1) is 0 Å². The lowest BCUT2D eigenvalue weighted by Crippen LogP contribution is -1.88. The average molecular weight is 102 g/mol. The Morgan fingerprint density at radius 2 is 2.14 bits per heavy atom. The fourth-order valence-corrected chi connectivity index (χ4v) is 0.708. The van der Waals surface area contributed by atoms with Crippen molar-refractivity contribution in [1.82, 2.24) is 0 Å². The quantitative estimate of drug-likeness (QED) is 0.504. The summed E-state index contributed by atoms with van der Waals surface area (Å²) >= 11 is 0. The molecule has 1 aliphatic carbocycles. The molecule has 2 heteroatoms. The van der Waals surface area contributed by atoms with Gasteiger partial charge in [0.15, 0.2) is 0 Å². The second kappa shape index (κ2) is 1.80. The van der Waals surface area contributed by atoms with E-state index in [0.717, 1.165) is 12.8 Å². The molecule has 0 bridgehead atoms. The Bertz CT molecular complexity index is 63.1. The minimum atomic E-state index is -0.0906. The van der Waals surface area contributed by atoms with Crippen molar-refractivity contribution in [2.24, 2.45) is 5.92 Å². The Morgan fingerprint density at radius 1 is 1.57 bits per heavy atom. The highest BCUT2D eigenvalue weighted by Gasteiger charge is 2.33. The van der Waals surface area contributed by atoms with E-state index in [1.54, 1.807) is 0 Å². The molecule has 7 heavy (non-hydrogen) atoms. The van der Waals surface area contributed by atoms with E-state index in [-0.39, 0.29) is 12.7 Å². The summed E-state index contributed by atoms with van der Waals surface area (Å²) in [6.45, 7) is 0.224. The first kappa shape index (κ1) is 5.06. The summed E-state index contributed by atoms with van der Waals surface area (Å²) in [5, 5.41) is 16.9. The fraction of sp³-hybridized carbons (Fsp3) is 1.00. The van der Waals surface area contributed by atoms with Gasteiger partial charge in [-0.05, 0) is 18.8 Å². The maximum atomic E-state index is 8.65. The van der Waals surface area contributed by atoms with Gasteiger partial charge in [-0.2, -0.15) is 0 Å². The zero-order chi connectivity index (χ0) is 5.28. The minimum Gasteiger partial charge on any atom is -0.396 e. The number of aliphatic hydroxyl groups excluding tert-OH is 2. The highest BCUT2D eigenvalue weighted by Crippen LogP contribution is 2.32. The zero-order valence-electron chi connectivity index (χ0n) is 4.17. The van der Waals surface area contributed by atoms with Crippen molar-refractivity contribution in [1.29, 1.82) is 0 Å². The van der Waals surface area contributed by atoms with Gasteiger partial charge in [0.25, 0.3) is 0 Å². The van der Waals surface area contributed by atoms with E-state index in [0.29, 0.717) is 5.92 Å². The van der Waals surface area contributed by atoms with Gasteiger partial charge < -0.3 is 10.2 Å². The molecular formula is C5H10O2. The molecule has 2 N–H and O–H groups in total. The monoisotopic (exact) mass is 102 g/mol. The SMILES string of the molecule is OCCC1CC1O. The van der Waals surface area contributed by atoms with Crippen LogP contribution in [0, 0.1) is 5.92 Å². The Hall–Kier alpha value is -0.0800. The smallest absolute Gasteiger partial charge is 0.0573 e. The molecule has 1 fully saturated rings. The first-order valence-corrected chi connectivity index (χ1v) is 2.63. The van der Waals surface area contributed by atoms with Crippen LogP contribution in [0.5, 0.6) is 0 Å². The third-order valence-corrected chi connectivity index (χ3v) is 1.39. The zero-order valence-corrected chi connectivity index (χ0v) is 4.17. The lowest BCUT2D eigenvalue weighted by Gasteiger charge is -1.85. The van der Waals surface area contributed by atoms with Gasteiger partial charge in [0.2, 0.25) is 0 Å². The molecule has 1 saturated carbocycles. The van der Waals surface area contributed by atoms with Crippen molar-refractivity contribution in [2.45, 2.75) is 18.9 Å². The molecular weight excluding hydrogens is 92.1 g/mol. The molecule has 0 aliphatic heterocycles. The van der Waals surface area contributed by atoms with E-state index in [2.05, 4.69) is 0 Å². The van der Waals surface area contributed by atoms with E-state index < -0.39 is 0 Å². The van der Waals surface area contributed by atoms with Crippen LogP contribution in [-0.2, 0) is 0 Å². The van der Waals surface area contributed by atoms with Crippen LogP contribution in [0.4, 0.5) is 0 Å². The Balaban J connectivity index is 1.98. The van der Waals surface area contributed by atoms with Crippen molar-refractivity contribution in [3.05, 3.63) is 0 Å². The fourth-order valence-electron chi connectivity index (χ4n) is 0.708. The molecule has 2 nitrogen and oxygen atoms in total. The molecule has 0 aromatic carbocycles. The molecule has 0 heterocycles. The second-order valence-electron chi connectivity index (χ2n) is 2.08. The number of rotatable bonds is 2. The third kappa shape index (κ3) is 1.14. The van der Waals surface area contributed by atoms with Crippen molar-refractivity contribution in [3.63, 3.8) is 0 Å². The van der Waals surface area contributed by atoms with Gasteiger partial charge in [0.05, 0.1) is 6.10 Å². The Labute approximate surface area is 42.8 Å². The van der Waals surface area contributed by atoms with E-state index in [1.165, 1.54) is 0 Å². The summed E-state index contributed by atoms with van der Waals surface area (Å²) in [4.78, 5) is 0. The molecule has 1 aliphatic rings. The summed E-state index contributed by atoms with van der Waals surface area (Å²) in [6.07, 6.45) is 1.59. The molecule has 1 rings (SSSR count). The average Bonchev–Trinajstić information content (AvgIpc) is 2.22. The van der Waals surface area contributed by atoms with Crippen LogP contribution in [0.2, 0.25) is 0 Å². The second-order valence-corrected chi connectivity index (χ2v) is 2.08. The van der Waals surface area contributed by atoms with E-state index >= 15 is 0 Å². The van der Waals surface area contributed by atoms with E-state index in [4.69, 9.17) is 10.2 Å². The van der Waals surface area contributed by atoms with Crippen molar-refractivity contribution < 1.29 is 10.2 Å². The van der Waals surface area contributed by atoms with Crippen LogP contribution in [0.25, 0.3) is 0 Å². The van der Waals surface area contributed by atoms with Crippen LogP contribution in [-0.4, -0.2) is 22.9 Å². The standard InChI is InChI=1S/C5H10O2/c6-2-1-4-3-5(4)7/h4-7H,1-3H2. The number of hydrogen-bond donors (Lipinski definition) is 2. The predicted molar refractivity (Wildman–Crippen MR) is 25.8 cm³/mol. The van der Waals surface area contributed by atoms with Gasteiger partial charge >= 0.3 is 0 Å². The highest BCUT2D eigenvalue weighted by molar-refractivity contribution is 4.84. The number of hydrogen-bond acceptors (Lipinski definition) is 2. The maximum Gasteiger partial charge on any atom is 0.0573 e. The molecule has 2 atom stereocenters. The Kier molecular flexibility index (Phi) is 1.30. The summed E-state index contributed by atoms with van der Waals surface area (Å²) in [5.74, 6) is 0.421. The van der Waals surface area contributed by atoms with Gasteiger partial charge in [-0.3, -0.25) is 0 Å². The molecule has 2 unspecified atom stereocenters. The van der Waals surface area contributed by atoms with E-state index in [9.17, 15) is 0 Å². The van der Waals surface area contributed by atoms with Crippen LogP contribution in [0.1, 0.15) is 12.8 Å². The predicted octanol–water partition coefficient (Wildman–Crippen LogP) is -0.250. The molecule has 0 aromatic heterocycles. The molecule has 0 spiro atoms. The lowest BCUT2D eigenvalue weighted by atomic mass is 10.3. The lowest BCUT2D eigenvalue weighted by molar-refractivity contribution is 0.231. The topological polar surface area (TPSA) is 40.5 Å². The van der Waals surface area contributed by atoms with E-state index in [1.807, 2.05) is 0 Å². The van der Waals surface area contributed by atoms with Gasteiger partial charge in [0, 0.05) is 6.61 Å². The largest absolute Gasteiger partial charge is 0.396 e. The molecule has 0 aromatic rings. The Morgan fingerprint density at radius 3 is 2.29 bits per heavy atom.